The minimum Gasteiger partial charge on any atom is -0.312 e. The third-order valence-corrected chi connectivity index (χ3v) is 6.65. The topological polar surface area (TPSA) is 66.5 Å². The molecular weight excluding hydrogens is 356 g/mol. The van der Waals surface area contributed by atoms with Crippen molar-refractivity contribution in [1.82, 2.24) is 0 Å². The molecule has 23 heavy (non-hydrogen) atoms. The Morgan fingerprint density at radius 1 is 1.17 bits per heavy atom. The molecule has 8 heteroatoms. The van der Waals surface area contributed by atoms with Gasteiger partial charge in [-0.05, 0) is 43.2 Å². The second-order valence-electron chi connectivity index (χ2n) is 5.22. The zero-order valence-corrected chi connectivity index (χ0v) is 14.5. The maximum absolute atomic E-state index is 12.3. The van der Waals surface area contributed by atoms with Gasteiger partial charge in [-0.2, -0.15) is 0 Å². The summed E-state index contributed by atoms with van der Waals surface area (Å²) in [6.45, 7) is 0.662. The molecule has 1 aromatic carbocycles. The van der Waals surface area contributed by atoms with Crippen LogP contribution in [0.1, 0.15) is 19.3 Å². The molecule has 1 fully saturated rings. The van der Waals surface area contributed by atoms with Crippen LogP contribution in [0.4, 0.5) is 11.4 Å². The SMILES string of the molecule is O=C1CCCCN1c1cccc(NS(=O)(=O)c2ccc(Cl)s2)c1. The quantitative estimate of drug-likeness (QED) is 0.891. The first-order chi connectivity index (χ1) is 11.0. The summed E-state index contributed by atoms with van der Waals surface area (Å²) in [5.74, 6) is 0.0706. The van der Waals surface area contributed by atoms with Gasteiger partial charge in [0.05, 0.1) is 10.0 Å². The van der Waals surface area contributed by atoms with Crippen molar-refractivity contribution in [1.29, 1.82) is 0 Å². The molecule has 1 amide bonds. The highest BCUT2D eigenvalue weighted by atomic mass is 35.5. The molecule has 1 saturated heterocycles. The minimum atomic E-state index is -3.67. The fourth-order valence-electron chi connectivity index (χ4n) is 2.46. The first kappa shape index (κ1) is 16.3. The van der Waals surface area contributed by atoms with Gasteiger partial charge in [-0.1, -0.05) is 17.7 Å². The molecule has 1 N–H and O–H groups in total. The van der Waals surface area contributed by atoms with Gasteiger partial charge in [0.15, 0.2) is 0 Å². The number of carbonyl (C=O) groups excluding carboxylic acids is 1. The van der Waals surface area contributed by atoms with E-state index in [0.29, 0.717) is 28.7 Å². The van der Waals surface area contributed by atoms with Crippen molar-refractivity contribution >= 4 is 50.2 Å². The van der Waals surface area contributed by atoms with Gasteiger partial charge >= 0.3 is 0 Å². The second kappa shape index (κ2) is 6.51. The van der Waals surface area contributed by atoms with Crippen molar-refractivity contribution in [3.63, 3.8) is 0 Å². The highest BCUT2D eigenvalue weighted by Crippen LogP contribution is 2.29. The highest BCUT2D eigenvalue weighted by Gasteiger charge is 2.21. The number of anilines is 2. The normalized spacial score (nSPS) is 15.7. The van der Waals surface area contributed by atoms with Gasteiger partial charge in [-0.15, -0.1) is 11.3 Å². The van der Waals surface area contributed by atoms with Crippen LogP contribution in [0.5, 0.6) is 0 Å². The molecule has 0 spiro atoms. The molecular formula is C15H15ClN2O3S2. The molecule has 1 aliphatic heterocycles. The predicted molar refractivity (Wildman–Crippen MR) is 92.8 cm³/mol. The second-order valence-corrected chi connectivity index (χ2v) is 8.84. The van der Waals surface area contributed by atoms with Crippen LogP contribution in [0.25, 0.3) is 0 Å². The summed E-state index contributed by atoms with van der Waals surface area (Å²) in [4.78, 5) is 13.7. The van der Waals surface area contributed by atoms with Gasteiger partial charge in [0.1, 0.15) is 4.21 Å². The molecule has 1 aliphatic rings. The molecule has 0 unspecified atom stereocenters. The van der Waals surface area contributed by atoms with Crippen LogP contribution < -0.4 is 9.62 Å². The average Bonchev–Trinajstić information content (AvgIpc) is 2.95. The van der Waals surface area contributed by atoms with E-state index >= 15 is 0 Å². The summed E-state index contributed by atoms with van der Waals surface area (Å²) >= 11 is 6.79. The Morgan fingerprint density at radius 3 is 2.70 bits per heavy atom. The van der Waals surface area contributed by atoms with Crippen LogP contribution in [0.15, 0.2) is 40.6 Å². The van der Waals surface area contributed by atoms with E-state index in [9.17, 15) is 13.2 Å². The molecule has 0 atom stereocenters. The van der Waals surface area contributed by atoms with Crippen LogP contribution in [-0.2, 0) is 14.8 Å². The molecule has 2 aromatic rings. The van der Waals surface area contributed by atoms with Gasteiger partial charge < -0.3 is 4.90 Å². The van der Waals surface area contributed by atoms with Crippen molar-refractivity contribution in [2.24, 2.45) is 0 Å². The number of hydrogen-bond acceptors (Lipinski definition) is 4. The third kappa shape index (κ3) is 3.68. The molecule has 5 nitrogen and oxygen atoms in total. The molecule has 3 rings (SSSR count). The van der Waals surface area contributed by atoms with Crippen molar-refractivity contribution in [3.05, 3.63) is 40.7 Å². The first-order valence-corrected chi connectivity index (χ1v) is 9.82. The lowest BCUT2D eigenvalue weighted by Gasteiger charge is -2.27. The number of halogens is 1. The number of nitrogens with one attached hydrogen (secondary N) is 1. The molecule has 0 saturated carbocycles. The number of benzene rings is 1. The summed E-state index contributed by atoms with van der Waals surface area (Å²) < 4.78 is 27.8. The van der Waals surface area contributed by atoms with Crippen LogP contribution in [0.3, 0.4) is 0 Å². The molecule has 0 bridgehead atoms. The van der Waals surface area contributed by atoms with E-state index in [1.54, 1.807) is 29.2 Å². The van der Waals surface area contributed by atoms with E-state index in [-0.39, 0.29) is 10.1 Å². The zero-order chi connectivity index (χ0) is 16.4. The third-order valence-electron chi connectivity index (χ3n) is 3.55. The van der Waals surface area contributed by atoms with Crippen LogP contribution >= 0.6 is 22.9 Å². The molecule has 0 aliphatic carbocycles. The molecule has 0 radical (unpaired) electrons. The molecule has 1 aromatic heterocycles. The Balaban J connectivity index is 1.84. The summed E-state index contributed by atoms with van der Waals surface area (Å²) in [5.41, 5.74) is 1.13. The van der Waals surface area contributed by atoms with Gasteiger partial charge in [0.2, 0.25) is 5.91 Å². The Morgan fingerprint density at radius 2 is 2.00 bits per heavy atom. The van der Waals surface area contributed by atoms with E-state index in [2.05, 4.69) is 4.72 Å². The number of sulfonamides is 1. The summed E-state index contributed by atoms with van der Waals surface area (Å²) in [6, 6.07) is 9.89. The number of carbonyl (C=O) groups is 1. The van der Waals surface area contributed by atoms with Crippen molar-refractivity contribution in [2.75, 3.05) is 16.2 Å². The summed E-state index contributed by atoms with van der Waals surface area (Å²) in [6.07, 6.45) is 2.39. The Kier molecular flexibility index (Phi) is 4.61. The fraction of sp³-hybridized carbons (Fsp3) is 0.267. The number of thiophene rings is 1. The lowest BCUT2D eigenvalue weighted by atomic mass is 10.1. The van der Waals surface area contributed by atoms with Crippen LogP contribution in [0.2, 0.25) is 4.34 Å². The first-order valence-electron chi connectivity index (χ1n) is 7.14. The van der Waals surface area contributed by atoms with Crippen molar-refractivity contribution in [2.45, 2.75) is 23.5 Å². The maximum atomic E-state index is 12.3. The van der Waals surface area contributed by atoms with Crippen molar-refractivity contribution < 1.29 is 13.2 Å². The van der Waals surface area contributed by atoms with E-state index < -0.39 is 10.0 Å². The monoisotopic (exact) mass is 370 g/mol. The fourth-order valence-corrected chi connectivity index (χ4v) is 5.00. The lowest BCUT2D eigenvalue weighted by Crippen LogP contribution is -2.35. The maximum Gasteiger partial charge on any atom is 0.271 e. The Hall–Kier alpha value is -1.57. The molecule has 122 valence electrons. The lowest BCUT2D eigenvalue weighted by molar-refractivity contribution is -0.119. The van der Waals surface area contributed by atoms with E-state index in [4.69, 9.17) is 11.6 Å². The standard InChI is InChI=1S/C15H15ClN2O3S2/c16-13-7-8-15(22-13)23(20,21)17-11-4-3-5-12(10-11)18-9-2-1-6-14(18)19/h3-5,7-8,10,17H,1-2,6,9H2. The number of nitrogens with zero attached hydrogens (tertiary/aromatic N) is 1. The smallest absolute Gasteiger partial charge is 0.271 e. The van der Waals surface area contributed by atoms with Crippen molar-refractivity contribution in [3.8, 4) is 0 Å². The molecule has 2 heterocycles. The van der Waals surface area contributed by atoms with Crippen LogP contribution in [0, 0.1) is 0 Å². The van der Waals surface area contributed by atoms with Crippen LogP contribution in [-0.4, -0.2) is 20.9 Å². The van der Waals surface area contributed by atoms with E-state index in [0.717, 1.165) is 24.2 Å². The van der Waals surface area contributed by atoms with Gasteiger partial charge in [0.25, 0.3) is 10.0 Å². The van der Waals surface area contributed by atoms with Gasteiger partial charge in [-0.25, -0.2) is 8.42 Å². The average molecular weight is 371 g/mol. The summed E-state index contributed by atoms with van der Waals surface area (Å²) in [5, 5.41) is 0. The number of hydrogen-bond donors (Lipinski definition) is 1. The Labute approximate surface area is 143 Å². The summed E-state index contributed by atoms with van der Waals surface area (Å²) in [7, 11) is -3.67. The number of rotatable bonds is 4. The van der Waals surface area contributed by atoms with E-state index in [1.165, 1.54) is 6.07 Å². The Bertz CT molecular complexity index is 833. The zero-order valence-electron chi connectivity index (χ0n) is 12.2. The van der Waals surface area contributed by atoms with E-state index in [1.807, 2.05) is 6.07 Å². The number of amides is 1. The highest BCUT2D eigenvalue weighted by molar-refractivity contribution is 7.94. The predicted octanol–water partition coefficient (Wildman–Crippen LogP) is 3.72. The minimum absolute atomic E-state index is 0.0706. The van der Waals surface area contributed by atoms with Gasteiger partial charge in [-0.3, -0.25) is 9.52 Å². The van der Waals surface area contributed by atoms with Gasteiger partial charge in [0, 0.05) is 18.7 Å². The number of piperidine rings is 1. The largest absolute Gasteiger partial charge is 0.312 e.